The van der Waals surface area contributed by atoms with E-state index in [1.807, 2.05) is 0 Å². The minimum Gasteiger partial charge on any atom is -0.212 e. The Morgan fingerprint density at radius 3 is 2.17 bits per heavy atom. The maximum atomic E-state index is 11.5. The maximum absolute atomic E-state index is 11.5. The molecule has 1 saturated heterocycles. The van der Waals surface area contributed by atoms with Gasteiger partial charge in [0, 0.05) is 12.1 Å². The molecule has 1 aliphatic heterocycles. The number of sulfonamides is 1. The van der Waals surface area contributed by atoms with Crippen LogP contribution in [0.4, 0.5) is 0 Å². The van der Waals surface area contributed by atoms with E-state index in [4.69, 9.17) is 0 Å². The van der Waals surface area contributed by atoms with Crippen LogP contribution in [0, 0.1) is 0 Å². The van der Waals surface area contributed by atoms with Crippen molar-refractivity contribution in [2.24, 2.45) is 0 Å². The SMILES string of the molecule is CCS(=O)(=O)N1[C@H]2CCCC[C@@H]21. The third-order valence-corrected chi connectivity index (χ3v) is 4.86. The monoisotopic (exact) mass is 189 g/mol. The van der Waals surface area contributed by atoms with Crippen LogP contribution in [0.1, 0.15) is 32.6 Å². The normalized spacial score (nSPS) is 40.6. The highest BCUT2D eigenvalue weighted by atomic mass is 32.2. The summed E-state index contributed by atoms with van der Waals surface area (Å²) in [6.45, 7) is 1.72. The van der Waals surface area contributed by atoms with E-state index in [-0.39, 0.29) is 5.75 Å². The van der Waals surface area contributed by atoms with Crippen LogP contribution < -0.4 is 0 Å². The molecule has 70 valence electrons. The van der Waals surface area contributed by atoms with E-state index < -0.39 is 10.0 Å². The second-order valence-corrected chi connectivity index (χ2v) is 5.81. The van der Waals surface area contributed by atoms with Crippen molar-refractivity contribution in [3.05, 3.63) is 0 Å². The van der Waals surface area contributed by atoms with Crippen molar-refractivity contribution in [3.63, 3.8) is 0 Å². The van der Waals surface area contributed by atoms with Crippen LogP contribution in [0.5, 0.6) is 0 Å². The Bertz CT molecular complexity index is 261. The van der Waals surface area contributed by atoms with E-state index >= 15 is 0 Å². The van der Waals surface area contributed by atoms with Gasteiger partial charge in [0.25, 0.3) is 0 Å². The van der Waals surface area contributed by atoms with Gasteiger partial charge < -0.3 is 0 Å². The second kappa shape index (κ2) is 2.70. The first-order valence-corrected chi connectivity index (χ1v) is 6.29. The Labute approximate surface area is 73.8 Å². The number of rotatable bonds is 2. The van der Waals surface area contributed by atoms with Crippen molar-refractivity contribution >= 4 is 10.0 Å². The lowest BCUT2D eigenvalue weighted by molar-refractivity contribution is 0.546. The van der Waals surface area contributed by atoms with Gasteiger partial charge in [-0.1, -0.05) is 12.8 Å². The standard InChI is InChI=1S/C8H15NO2S/c1-2-12(10,11)9-7-5-3-4-6-8(7)9/h7-8H,2-6H2,1H3/t7-,8-/m0/s1. The van der Waals surface area contributed by atoms with Crippen LogP contribution in [0.15, 0.2) is 0 Å². The molecule has 0 aromatic heterocycles. The number of fused-ring (bicyclic) bond motifs is 1. The Balaban J connectivity index is 2.10. The summed E-state index contributed by atoms with van der Waals surface area (Å²) in [6.07, 6.45) is 4.58. The molecule has 0 radical (unpaired) electrons. The van der Waals surface area contributed by atoms with E-state index in [0.29, 0.717) is 12.1 Å². The molecular weight excluding hydrogens is 174 g/mol. The van der Waals surface area contributed by atoms with Gasteiger partial charge in [0.1, 0.15) is 0 Å². The summed E-state index contributed by atoms with van der Waals surface area (Å²) in [5.74, 6) is 0.264. The van der Waals surface area contributed by atoms with Gasteiger partial charge in [0.15, 0.2) is 0 Å². The molecule has 0 aromatic rings. The van der Waals surface area contributed by atoms with Gasteiger partial charge in [-0.15, -0.1) is 0 Å². The molecule has 0 amide bonds. The zero-order valence-electron chi connectivity index (χ0n) is 7.36. The van der Waals surface area contributed by atoms with Gasteiger partial charge in [0.05, 0.1) is 5.75 Å². The van der Waals surface area contributed by atoms with Crippen molar-refractivity contribution in [2.45, 2.75) is 44.7 Å². The molecule has 2 fully saturated rings. The van der Waals surface area contributed by atoms with Gasteiger partial charge in [-0.2, -0.15) is 4.31 Å². The summed E-state index contributed by atoms with van der Waals surface area (Å²) in [5.41, 5.74) is 0. The molecule has 2 aliphatic rings. The summed E-state index contributed by atoms with van der Waals surface area (Å²) in [4.78, 5) is 0. The van der Waals surface area contributed by atoms with Gasteiger partial charge >= 0.3 is 0 Å². The average molecular weight is 189 g/mol. The van der Waals surface area contributed by atoms with Crippen LogP contribution >= 0.6 is 0 Å². The molecule has 2 atom stereocenters. The van der Waals surface area contributed by atoms with Crippen molar-refractivity contribution in [1.82, 2.24) is 4.31 Å². The lowest BCUT2D eigenvalue weighted by Crippen LogP contribution is -2.17. The van der Waals surface area contributed by atoms with Crippen LogP contribution in [-0.2, 0) is 10.0 Å². The quantitative estimate of drug-likeness (QED) is 0.607. The predicted octanol–water partition coefficient (Wildman–Crippen LogP) is 0.963. The lowest BCUT2D eigenvalue weighted by atomic mass is 10.0. The highest BCUT2D eigenvalue weighted by molar-refractivity contribution is 7.89. The number of hydrogen-bond donors (Lipinski definition) is 0. The molecule has 1 heterocycles. The average Bonchev–Trinajstić information content (AvgIpc) is 2.78. The highest BCUT2D eigenvalue weighted by Crippen LogP contribution is 2.42. The summed E-state index contributed by atoms with van der Waals surface area (Å²) in [6, 6.07) is 0.757. The predicted molar refractivity (Wildman–Crippen MR) is 47.3 cm³/mol. The Hall–Kier alpha value is -0.0900. The zero-order chi connectivity index (χ0) is 8.77. The van der Waals surface area contributed by atoms with Crippen molar-refractivity contribution in [3.8, 4) is 0 Å². The Morgan fingerprint density at radius 2 is 1.75 bits per heavy atom. The lowest BCUT2D eigenvalue weighted by Gasteiger charge is -2.02. The number of hydrogen-bond acceptors (Lipinski definition) is 2. The Morgan fingerprint density at radius 1 is 1.25 bits per heavy atom. The summed E-state index contributed by atoms with van der Waals surface area (Å²) in [5, 5.41) is 0. The Kier molecular flexibility index (Phi) is 1.92. The third-order valence-electron chi connectivity index (χ3n) is 2.94. The fourth-order valence-corrected chi connectivity index (χ4v) is 3.78. The van der Waals surface area contributed by atoms with Gasteiger partial charge in [-0.05, 0) is 19.8 Å². The molecule has 1 saturated carbocycles. The van der Waals surface area contributed by atoms with E-state index in [1.54, 1.807) is 11.2 Å². The van der Waals surface area contributed by atoms with Crippen LogP contribution in [-0.4, -0.2) is 30.6 Å². The van der Waals surface area contributed by atoms with Crippen LogP contribution in [0.25, 0.3) is 0 Å². The first-order chi connectivity index (χ1) is 5.67. The van der Waals surface area contributed by atoms with Crippen LogP contribution in [0.3, 0.4) is 0 Å². The fourth-order valence-electron chi connectivity index (χ4n) is 2.22. The van der Waals surface area contributed by atoms with E-state index in [0.717, 1.165) is 12.8 Å². The topological polar surface area (TPSA) is 37.1 Å². The molecule has 2 rings (SSSR count). The minimum absolute atomic E-state index is 0.264. The molecule has 0 bridgehead atoms. The maximum Gasteiger partial charge on any atom is 0.214 e. The summed E-state index contributed by atoms with van der Waals surface area (Å²) < 4.78 is 24.6. The minimum atomic E-state index is -2.87. The van der Waals surface area contributed by atoms with E-state index in [9.17, 15) is 8.42 Å². The largest absolute Gasteiger partial charge is 0.214 e. The number of nitrogens with zero attached hydrogens (tertiary/aromatic N) is 1. The molecule has 4 heteroatoms. The van der Waals surface area contributed by atoms with Crippen molar-refractivity contribution < 1.29 is 8.42 Å². The molecule has 0 N–H and O–H groups in total. The highest BCUT2D eigenvalue weighted by Gasteiger charge is 2.54. The molecule has 3 nitrogen and oxygen atoms in total. The van der Waals surface area contributed by atoms with Crippen LogP contribution in [0.2, 0.25) is 0 Å². The fraction of sp³-hybridized carbons (Fsp3) is 1.00. The summed E-state index contributed by atoms with van der Waals surface area (Å²) >= 11 is 0. The van der Waals surface area contributed by atoms with E-state index in [1.165, 1.54) is 12.8 Å². The van der Waals surface area contributed by atoms with Gasteiger partial charge in [-0.3, -0.25) is 0 Å². The van der Waals surface area contributed by atoms with Gasteiger partial charge in [-0.25, -0.2) is 8.42 Å². The van der Waals surface area contributed by atoms with Crippen molar-refractivity contribution in [1.29, 1.82) is 0 Å². The first kappa shape index (κ1) is 8.51. The molecule has 12 heavy (non-hydrogen) atoms. The molecule has 1 aliphatic carbocycles. The summed E-state index contributed by atoms with van der Waals surface area (Å²) in [7, 11) is -2.87. The molecule has 0 spiro atoms. The third kappa shape index (κ3) is 1.17. The molecule has 0 aromatic carbocycles. The second-order valence-electron chi connectivity index (χ2n) is 3.65. The molecule has 0 unspecified atom stereocenters. The first-order valence-electron chi connectivity index (χ1n) is 4.68. The van der Waals surface area contributed by atoms with E-state index in [2.05, 4.69) is 0 Å². The van der Waals surface area contributed by atoms with Gasteiger partial charge in [0.2, 0.25) is 10.0 Å². The molecular formula is C8H15NO2S. The zero-order valence-corrected chi connectivity index (χ0v) is 8.18. The smallest absolute Gasteiger partial charge is 0.212 e. The van der Waals surface area contributed by atoms with Crippen molar-refractivity contribution in [2.75, 3.05) is 5.75 Å².